The van der Waals surface area contributed by atoms with Gasteiger partial charge < -0.3 is 15.7 Å². The van der Waals surface area contributed by atoms with E-state index in [1.54, 1.807) is 0 Å². The van der Waals surface area contributed by atoms with Crippen molar-refractivity contribution >= 4 is 0 Å². The SMILES string of the molecule is CN1CCC(O)(c2ccccc2CN)CC1. The Morgan fingerprint density at radius 2 is 1.94 bits per heavy atom. The van der Waals surface area contributed by atoms with E-state index in [9.17, 15) is 5.11 Å². The zero-order valence-corrected chi connectivity index (χ0v) is 9.82. The highest BCUT2D eigenvalue weighted by molar-refractivity contribution is 5.32. The van der Waals surface area contributed by atoms with Crippen LogP contribution in [0.5, 0.6) is 0 Å². The van der Waals surface area contributed by atoms with E-state index in [0.29, 0.717) is 6.54 Å². The van der Waals surface area contributed by atoms with Gasteiger partial charge in [0.15, 0.2) is 0 Å². The van der Waals surface area contributed by atoms with E-state index in [4.69, 9.17) is 5.73 Å². The molecule has 0 unspecified atom stereocenters. The molecule has 0 radical (unpaired) electrons. The van der Waals surface area contributed by atoms with Crippen molar-refractivity contribution in [2.24, 2.45) is 5.73 Å². The van der Waals surface area contributed by atoms with Gasteiger partial charge in [0.05, 0.1) is 5.60 Å². The maximum Gasteiger partial charge on any atom is 0.0924 e. The van der Waals surface area contributed by atoms with Crippen LogP contribution >= 0.6 is 0 Å². The smallest absolute Gasteiger partial charge is 0.0924 e. The van der Waals surface area contributed by atoms with Crippen molar-refractivity contribution in [2.75, 3.05) is 20.1 Å². The highest BCUT2D eigenvalue weighted by atomic mass is 16.3. The highest BCUT2D eigenvalue weighted by Crippen LogP contribution is 2.34. The van der Waals surface area contributed by atoms with Gasteiger partial charge in [-0.05, 0) is 31.0 Å². The van der Waals surface area contributed by atoms with E-state index >= 15 is 0 Å². The number of benzene rings is 1. The molecule has 1 aromatic carbocycles. The quantitative estimate of drug-likeness (QED) is 0.783. The number of rotatable bonds is 2. The fourth-order valence-electron chi connectivity index (χ4n) is 2.41. The first-order valence-corrected chi connectivity index (χ1v) is 5.85. The van der Waals surface area contributed by atoms with Crippen LogP contribution in [0.2, 0.25) is 0 Å². The molecule has 3 nitrogen and oxygen atoms in total. The molecule has 1 aliphatic rings. The lowest BCUT2D eigenvalue weighted by molar-refractivity contribution is -0.0209. The molecule has 88 valence electrons. The summed E-state index contributed by atoms with van der Waals surface area (Å²) in [5, 5.41) is 10.7. The zero-order chi connectivity index (χ0) is 11.6. The Hall–Kier alpha value is -0.900. The van der Waals surface area contributed by atoms with E-state index in [-0.39, 0.29) is 0 Å². The molecule has 1 fully saturated rings. The molecule has 16 heavy (non-hydrogen) atoms. The summed E-state index contributed by atoms with van der Waals surface area (Å²) < 4.78 is 0. The van der Waals surface area contributed by atoms with Crippen LogP contribution in [0.3, 0.4) is 0 Å². The first kappa shape index (κ1) is 11.6. The molecule has 1 saturated heterocycles. The predicted octanol–water partition coefficient (Wildman–Crippen LogP) is 1.06. The van der Waals surface area contributed by atoms with Crippen LogP contribution < -0.4 is 5.73 Å². The number of nitrogens with zero attached hydrogens (tertiary/aromatic N) is 1. The fraction of sp³-hybridized carbons (Fsp3) is 0.538. The monoisotopic (exact) mass is 220 g/mol. The van der Waals surface area contributed by atoms with Gasteiger partial charge >= 0.3 is 0 Å². The van der Waals surface area contributed by atoms with E-state index in [0.717, 1.165) is 37.1 Å². The third kappa shape index (κ3) is 2.12. The van der Waals surface area contributed by atoms with E-state index in [1.807, 2.05) is 24.3 Å². The molecule has 1 aliphatic heterocycles. The van der Waals surface area contributed by atoms with Crippen LogP contribution in [0.4, 0.5) is 0 Å². The summed E-state index contributed by atoms with van der Waals surface area (Å²) >= 11 is 0. The van der Waals surface area contributed by atoms with Gasteiger partial charge in [0.2, 0.25) is 0 Å². The molecule has 1 heterocycles. The second-order valence-electron chi connectivity index (χ2n) is 4.70. The third-order valence-corrected chi connectivity index (χ3v) is 3.55. The molecule has 1 aromatic rings. The minimum absolute atomic E-state index is 0.494. The Balaban J connectivity index is 2.28. The van der Waals surface area contributed by atoms with Crippen molar-refractivity contribution < 1.29 is 5.11 Å². The van der Waals surface area contributed by atoms with Crippen LogP contribution in [0.25, 0.3) is 0 Å². The Bertz CT molecular complexity index is 357. The molecule has 0 bridgehead atoms. The maximum absolute atomic E-state index is 10.7. The molecule has 3 heteroatoms. The minimum Gasteiger partial charge on any atom is -0.385 e. The summed E-state index contributed by atoms with van der Waals surface area (Å²) in [6, 6.07) is 7.97. The second kappa shape index (κ2) is 4.53. The van der Waals surface area contributed by atoms with Gasteiger partial charge in [-0.1, -0.05) is 24.3 Å². The predicted molar refractivity (Wildman–Crippen MR) is 65.0 cm³/mol. The lowest BCUT2D eigenvalue weighted by atomic mass is 9.82. The number of likely N-dealkylation sites (tertiary alicyclic amines) is 1. The topological polar surface area (TPSA) is 49.5 Å². The standard InChI is InChI=1S/C13H20N2O/c1-15-8-6-13(16,7-9-15)12-5-3-2-4-11(12)10-14/h2-5,16H,6-10,14H2,1H3. The summed E-state index contributed by atoms with van der Waals surface area (Å²) in [6.45, 7) is 2.37. The van der Waals surface area contributed by atoms with Gasteiger partial charge in [0.25, 0.3) is 0 Å². The fourth-order valence-corrected chi connectivity index (χ4v) is 2.41. The summed E-state index contributed by atoms with van der Waals surface area (Å²) in [4.78, 5) is 2.25. The summed E-state index contributed by atoms with van der Waals surface area (Å²) in [7, 11) is 2.09. The van der Waals surface area contributed by atoms with E-state index in [1.165, 1.54) is 0 Å². The van der Waals surface area contributed by atoms with Gasteiger partial charge in [-0.3, -0.25) is 0 Å². The normalized spacial score (nSPS) is 20.9. The molecule has 0 aliphatic carbocycles. The molecule has 0 amide bonds. The summed E-state index contributed by atoms with van der Waals surface area (Å²) in [5.74, 6) is 0. The molecule has 0 atom stereocenters. The molecule has 3 N–H and O–H groups in total. The van der Waals surface area contributed by atoms with Crippen LogP contribution in [-0.4, -0.2) is 30.1 Å². The number of hydrogen-bond donors (Lipinski definition) is 2. The van der Waals surface area contributed by atoms with E-state index < -0.39 is 5.60 Å². The van der Waals surface area contributed by atoms with Crippen molar-refractivity contribution in [1.29, 1.82) is 0 Å². The van der Waals surface area contributed by atoms with E-state index in [2.05, 4.69) is 11.9 Å². The lowest BCUT2D eigenvalue weighted by Crippen LogP contribution is -2.41. The maximum atomic E-state index is 10.7. The molecule has 0 saturated carbocycles. The Labute approximate surface area is 96.9 Å². The average Bonchev–Trinajstić information content (AvgIpc) is 2.33. The highest BCUT2D eigenvalue weighted by Gasteiger charge is 2.34. The Morgan fingerprint density at radius 3 is 2.56 bits per heavy atom. The molecule has 2 rings (SSSR count). The van der Waals surface area contributed by atoms with Crippen LogP contribution in [0, 0.1) is 0 Å². The van der Waals surface area contributed by atoms with Crippen molar-refractivity contribution in [3.63, 3.8) is 0 Å². The Kier molecular flexibility index (Phi) is 3.28. The number of hydrogen-bond acceptors (Lipinski definition) is 3. The molecule has 0 spiro atoms. The van der Waals surface area contributed by atoms with Crippen molar-refractivity contribution in [1.82, 2.24) is 4.90 Å². The third-order valence-electron chi connectivity index (χ3n) is 3.55. The van der Waals surface area contributed by atoms with Crippen LogP contribution in [0.1, 0.15) is 24.0 Å². The first-order valence-electron chi connectivity index (χ1n) is 5.85. The van der Waals surface area contributed by atoms with Gasteiger partial charge in [-0.15, -0.1) is 0 Å². The summed E-state index contributed by atoms with van der Waals surface area (Å²) in [6.07, 6.45) is 1.58. The summed E-state index contributed by atoms with van der Waals surface area (Å²) in [5.41, 5.74) is 7.13. The molecular formula is C13H20N2O. The van der Waals surface area contributed by atoms with Crippen molar-refractivity contribution in [3.05, 3.63) is 35.4 Å². The van der Waals surface area contributed by atoms with Crippen molar-refractivity contribution in [3.8, 4) is 0 Å². The van der Waals surface area contributed by atoms with Crippen LogP contribution in [0.15, 0.2) is 24.3 Å². The van der Waals surface area contributed by atoms with Gasteiger partial charge in [-0.2, -0.15) is 0 Å². The minimum atomic E-state index is -0.678. The van der Waals surface area contributed by atoms with Gasteiger partial charge in [0, 0.05) is 19.6 Å². The number of nitrogens with two attached hydrogens (primary N) is 1. The largest absolute Gasteiger partial charge is 0.385 e. The lowest BCUT2D eigenvalue weighted by Gasteiger charge is -2.37. The second-order valence-corrected chi connectivity index (χ2v) is 4.70. The molecular weight excluding hydrogens is 200 g/mol. The van der Waals surface area contributed by atoms with Gasteiger partial charge in [-0.25, -0.2) is 0 Å². The van der Waals surface area contributed by atoms with Crippen LogP contribution in [-0.2, 0) is 12.1 Å². The molecule has 0 aromatic heterocycles. The zero-order valence-electron chi connectivity index (χ0n) is 9.82. The first-order chi connectivity index (χ1) is 7.65. The average molecular weight is 220 g/mol. The van der Waals surface area contributed by atoms with Gasteiger partial charge in [0.1, 0.15) is 0 Å². The number of piperidine rings is 1. The van der Waals surface area contributed by atoms with Crippen molar-refractivity contribution in [2.45, 2.75) is 25.0 Å². The Morgan fingerprint density at radius 1 is 1.31 bits per heavy atom. The number of aliphatic hydroxyl groups is 1.